The first kappa shape index (κ1) is 33.7. The molecule has 2 saturated heterocycles. The smallest absolute Gasteiger partial charge is 0.163 e. The molecule has 0 unspecified atom stereocenters. The van der Waals surface area contributed by atoms with Crippen molar-refractivity contribution in [1.29, 1.82) is 0 Å². The summed E-state index contributed by atoms with van der Waals surface area (Å²) in [5.74, 6) is 3.83. The quantitative estimate of drug-likeness (QED) is 0.131. The highest BCUT2D eigenvalue weighted by Gasteiger charge is 2.34. The van der Waals surface area contributed by atoms with E-state index in [0.717, 1.165) is 74.4 Å². The van der Waals surface area contributed by atoms with Gasteiger partial charge in [-0.25, -0.2) is 0 Å². The summed E-state index contributed by atoms with van der Waals surface area (Å²) in [6.07, 6.45) is 2.17. The molecule has 6 rings (SSSR count). The minimum absolute atomic E-state index is 0.00453. The van der Waals surface area contributed by atoms with Crippen LogP contribution in [0.2, 0.25) is 0 Å². The molecule has 2 fully saturated rings. The SMILES string of the molecule is Cc1cc2c(C(C)C)c(C)c(O)c(C3SCCCS3)c2c(O)c1-c1c(C)cc2c(C(C)C)c(O)c(O)c(C3SCCCS3)c2c1O. The van der Waals surface area contributed by atoms with Crippen molar-refractivity contribution in [3.05, 3.63) is 51.1 Å². The number of aromatic hydroxyl groups is 5. The van der Waals surface area contributed by atoms with Crippen LogP contribution in [0.4, 0.5) is 0 Å². The third-order valence-corrected chi connectivity index (χ3v) is 15.3. The van der Waals surface area contributed by atoms with E-state index in [2.05, 4.69) is 19.9 Å². The number of phenolic OH excluding ortho intramolecular Hbond substituents is 5. The molecule has 0 saturated carbocycles. The van der Waals surface area contributed by atoms with Gasteiger partial charge in [-0.2, -0.15) is 0 Å². The Morgan fingerprint density at radius 3 is 1.35 bits per heavy atom. The van der Waals surface area contributed by atoms with Crippen molar-refractivity contribution >= 4 is 68.6 Å². The van der Waals surface area contributed by atoms with E-state index in [4.69, 9.17) is 0 Å². The first-order valence-electron chi connectivity index (χ1n) is 16.1. The summed E-state index contributed by atoms with van der Waals surface area (Å²) in [7, 11) is 0. The summed E-state index contributed by atoms with van der Waals surface area (Å²) in [6.45, 7) is 14.0. The summed E-state index contributed by atoms with van der Waals surface area (Å²) in [6, 6.07) is 4.10. The number of hydrogen-bond acceptors (Lipinski definition) is 9. The highest BCUT2D eigenvalue weighted by molar-refractivity contribution is 8.17. The fourth-order valence-corrected chi connectivity index (χ4v) is 13.4. The van der Waals surface area contributed by atoms with Gasteiger partial charge in [0.25, 0.3) is 0 Å². The molecule has 9 heteroatoms. The number of aryl methyl sites for hydroxylation is 2. The van der Waals surface area contributed by atoms with Crippen LogP contribution in [0, 0.1) is 20.8 Å². The maximum Gasteiger partial charge on any atom is 0.163 e. The molecule has 5 nitrogen and oxygen atoms in total. The minimum Gasteiger partial charge on any atom is -0.507 e. The van der Waals surface area contributed by atoms with Gasteiger partial charge in [0, 0.05) is 38.6 Å². The third kappa shape index (κ3) is 5.37. The average Bonchev–Trinajstić information content (AvgIpc) is 3.01. The lowest BCUT2D eigenvalue weighted by atomic mass is 9.82. The topological polar surface area (TPSA) is 101 Å². The summed E-state index contributed by atoms with van der Waals surface area (Å²) >= 11 is 7.03. The molecule has 0 aromatic heterocycles. The van der Waals surface area contributed by atoms with E-state index in [1.807, 2.05) is 40.7 Å². The molecule has 4 aromatic carbocycles. The summed E-state index contributed by atoms with van der Waals surface area (Å²) < 4.78 is -0.180. The van der Waals surface area contributed by atoms with Gasteiger partial charge >= 0.3 is 0 Å². The van der Waals surface area contributed by atoms with Gasteiger partial charge in [-0.3, -0.25) is 0 Å². The molecule has 5 N–H and O–H groups in total. The Hall–Kier alpha value is -2.20. The van der Waals surface area contributed by atoms with Gasteiger partial charge in [-0.05, 0) is 101 Å². The molecule has 2 aliphatic rings. The largest absolute Gasteiger partial charge is 0.507 e. The zero-order valence-electron chi connectivity index (χ0n) is 27.6. The van der Waals surface area contributed by atoms with Crippen LogP contribution in [0.15, 0.2) is 12.1 Å². The zero-order chi connectivity index (χ0) is 33.2. The fourth-order valence-electron chi connectivity index (χ4n) is 7.45. The Bertz CT molecular complexity index is 1720. The number of fused-ring (bicyclic) bond motifs is 2. The van der Waals surface area contributed by atoms with Crippen molar-refractivity contribution in [3.8, 4) is 39.9 Å². The van der Waals surface area contributed by atoms with Crippen LogP contribution in [0.25, 0.3) is 32.7 Å². The van der Waals surface area contributed by atoms with E-state index in [1.54, 1.807) is 47.0 Å². The van der Waals surface area contributed by atoms with Crippen LogP contribution in [-0.4, -0.2) is 48.5 Å². The van der Waals surface area contributed by atoms with E-state index in [9.17, 15) is 25.5 Å². The van der Waals surface area contributed by atoms with Crippen molar-refractivity contribution in [2.45, 2.75) is 82.3 Å². The first-order valence-corrected chi connectivity index (χ1v) is 20.3. The van der Waals surface area contributed by atoms with Gasteiger partial charge in [0.15, 0.2) is 11.5 Å². The summed E-state index contributed by atoms with van der Waals surface area (Å²) in [4.78, 5) is 0. The molecule has 0 radical (unpaired) electrons. The van der Waals surface area contributed by atoms with E-state index in [1.165, 1.54) is 0 Å². The van der Waals surface area contributed by atoms with Crippen molar-refractivity contribution in [3.63, 3.8) is 0 Å². The van der Waals surface area contributed by atoms with Crippen LogP contribution in [-0.2, 0) is 0 Å². The van der Waals surface area contributed by atoms with Crippen molar-refractivity contribution in [1.82, 2.24) is 0 Å². The molecule has 0 amide bonds. The molecule has 0 bridgehead atoms. The highest BCUT2D eigenvalue weighted by atomic mass is 32.2. The Labute approximate surface area is 289 Å². The molecule has 4 aromatic rings. The first-order chi connectivity index (χ1) is 21.9. The van der Waals surface area contributed by atoms with Crippen molar-refractivity contribution in [2.24, 2.45) is 0 Å². The van der Waals surface area contributed by atoms with Crippen LogP contribution >= 0.6 is 47.0 Å². The third-order valence-electron chi connectivity index (χ3n) is 9.39. The van der Waals surface area contributed by atoms with Crippen molar-refractivity contribution < 1.29 is 25.5 Å². The average molecular weight is 697 g/mol. The zero-order valence-corrected chi connectivity index (χ0v) is 30.8. The van der Waals surface area contributed by atoms with Gasteiger partial charge in [-0.15, -0.1) is 47.0 Å². The predicted octanol–water partition coefficient (Wildman–Crippen LogP) is 11.1. The molecule has 2 aliphatic heterocycles. The van der Waals surface area contributed by atoms with Crippen LogP contribution in [0.3, 0.4) is 0 Å². The van der Waals surface area contributed by atoms with E-state index >= 15 is 0 Å². The van der Waals surface area contributed by atoms with Gasteiger partial charge in [0.1, 0.15) is 17.2 Å². The van der Waals surface area contributed by atoms with Crippen molar-refractivity contribution in [2.75, 3.05) is 23.0 Å². The Morgan fingerprint density at radius 1 is 0.543 bits per heavy atom. The van der Waals surface area contributed by atoms with Gasteiger partial charge < -0.3 is 25.5 Å². The fraction of sp³-hybridized carbons (Fsp3) is 0.459. The summed E-state index contributed by atoms with van der Waals surface area (Å²) in [5.41, 5.74) is 6.37. The lowest BCUT2D eigenvalue weighted by Crippen LogP contribution is -2.06. The van der Waals surface area contributed by atoms with E-state index in [-0.39, 0.29) is 49.7 Å². The van der Waals surface area contributed by atoms with Gasteiger partial charge in [0.05, 0.1) is 9.16 Å². The minimum atomic E-state index is -0.178. The van der Waals surface area contributed by atoms with E-state index in [0.29, 0.717) is 33.0 Å². The number of thioether (sulfide) groups is 4. The lowest BCUT2D eigenvalue weighted by molar-refractivity contribution is 0.396. The Morgan fingerprint density at radius 2 is 0.935 bits per heavy atom. The molecular formula is C37H44O5S4. The molecule has 46 heavy (non-hydrogen) atoms. The lowest BCUT2D eigenvalue weighted by Gasteiger charge is -2.29. The normalized spacial score (nSPS) is 16.8. The van der Waals surface area contributed by atoms with Crippen LogP contribution in [0.1, 0.15) is 100 Å². The second-order valence-corrected chi connectivity index (χ2v) is 18.6. The molecule has 246 valence electrons. The molecular weight excluding hydrogens is 653 g/mol. The molecule has 0 aliphatic carbocycles. The number of phenols is 5. The summed E-state index contributed by atoms with van der Waals surface area (Å²) in [5, 5.41) is 62.3. The Kier molecular flexibility index (Phi) is 9.53. The molecule has 0 atom stereocenters. The number of rotatable bonds is 5. The maximum atomic E-state index is 12.5. The second kappa shape index (κ2) is 13.0. The van der Waals surface area contributed by atoms with E-state index < -0.39 is 0 Å². The number of benzene rings is 4. The standard InChI is InChI=1S/C37H44O5S4/c1-16(2)23-20(7)31(38)29(36-43-10-8-11-44-36)27-21(23)14-18(5)25(32(27)39)26-19(6)15-22-24(17(3)4)34(41)35(42)30(28(22)33(26)40)37-45-12-9-13-46-37/h14-17,36-42H,8-13H2,1-7H3. The molecule has 2 heterocycles. The predicted molar refractivity (Wildman–Crippen MR) is 202 cm³/mol. The monoisotopic (exact) mass is 696 g/mol. The Balaban J connectivity index is 1.75. The maximum absolute atomic E-state index is 12.5. The van der Waals surface area contributed by atoms with Gasteiger partial charge in [-0.1, -0.05) is 39.8 Å². The van der Waals surface area contributed by atoms with Crippen LogP contribution in [0.5, 0.6) is 28.7 Å². The highest BCUT2D eigenvalue weighted by Crippen LogP contribution is 2.60. The number of hydrogen-bond donors (Lipinski definition) is 5. The second-order valence-electron chi connectivity index (χ2n) is 13.2. The van der Waals surface area contributed by atoms with Crippen LogP contribution < -0.4 is 0 Å². The molecule has 0 spiro atoms. The van der Waals surface area contributed by atoms with Gasteiger partial charge in [0.2, 0.25) is 0 Å².